The Morgan fingerprint density at radius 3 is 2.58 bits per heavy atom. The number of piperidine rings is 1. The zero-order valence-electron chi connectivity index (χ0n) is 17.6. The number of carbonyl (C=O) groups is 2. The van der Waals surface area contributed by atoms with Crippen molar-refractivity contribution in [3.63, 3.8) is 0 Å². The first-order chi connectivity index (χ1) is 15.1. The first-order valence-electron chi connectivity index (χ1n) is 11.1. The monoisotopic (exact) mass is 424 g/mol. The zero-order chi connectivity index (χ0) is 21.6. The number of rotatable bonds is 5. The van der Waals surface area contributed by atoms with Crippen molar-refractivity contribution in [1.82, 2.24) is 20.9 Å². The molecule has 2 heterocycles. The van der Waals surface area contributed by atoms with Crippen molar-refractivity contribution >= 4 is 11.8 Å². The number of carbonyl (C=O) groups excluding carboxylic acids is 2. The SMILES string of the molecule is O=C(NC1CCCC(C(=O)NC2CCNCC2)C1)c1ccc(-c2cccc(F)c2)nc1. The third kappa shape index (κ3) is 5.67. The Hall–Kier alpha value is -2.80. The first-order valence-corrected chi connectivity index (χ1v) is 11.1. The molecule has 6 nitrogen and oxygen atoms in total. The van der Waals surface area contributed by atoms with Crippen molar-refractivity contribution < 1.29 is 14.0 Å². The first kappa shape index (κ1) is 21.4. The molecule has 2 aromatic rings. The predicted octanol–water partition coefficient (Wildman–Crippen LogP) is 3.04. The maximum atomic E-state index is 13.4. The Balaban J connectivity index is 1.32. The molecular weight excluding hydrogens is 395 g/mol. The van der Waals surface area contributed by atoms with E-state index in [9.17, 15) is 14.0 Å². The fourth-order valence-corrected chi connectivity index (χ4v) is 4.46. The van der Waals surface area contributed by atoms with Crippen LogP contribution in [-0.2, 0) is 4.79 Å². The van der Waals surface area contributed by atoms with Gasteiger partial charge in [0, 0.05) is 29.8 Å². The molecule has 1 aliphatic heterocycles. The van der Waals surface area contributed by atoms with Crippen molar-refractivity contribution in [3.05, 3.63) is 54.0 Å². The number of nitrogens with zero attached hydrogens (tertiary/aromatic N) is 1. The lowest BCUT2D eigenvalue weighted by Gasteiger charge is -2.31. The summed E-state index contributed by atoms with van der Waals surface area (Å²) >= 11 is 0. The molecule has 3 N–H and O–H groups in total. The van der Waals surface area contributed by atoms with Crippen molar-refractivity contribution in [2.45, 2.75) is 50.6 Å². The van der Waals surface area contributed by atoms with E-state index in [0.717, 1.165) is 45.2 Å². The van der Waals surface area contributed by atoms with E-state index in [1.54, 1.807) is 24.3 Å². The number of hydrogen-bond acceptors (Lipinski definition) is 4. The second kappa shape index (κ2) is 10.0. The molecule has 2 aliphatic rings. The molecule has 0 spiro atoms. The molecule has 4 rings (SSSR count). The van der Waals surface area contributed by atoms with Gasteiger partial charge in [-0.05, 0) is 69.5 Å². The van der Waals surface area contributed by atoms with E-state index in [0.29, 0.717) is 23.2 Å². The summed E-state index contributed by atoms with van der Waals surface area (Å²) in [5.41, 5.74) is 1.74. The van der Waals surface area contributed by atoms with Gasteiger partial charge in [0.05, 0.1) is 11.3 Å². The van der Waals surface area contributed by atoms with Gasteiger partial charge in [0.15, 0.2) is 0 Å². The summed E-state index contributed by atoms with van der Waals surface area (Å²) in [7, 11) is 0. The quantitative estimate of drug-likeness (QED) is 0.689. The van der Waals surface area contributed by atoms with Crippen molar-refractivity contribution in [1.29, 1.82) is 0 Å². The smallest absolute Gasteiger partial charge is 0.253 e. The second-order valence-electron chi connectivity index (χ2n) is 8.51. The molecule has 7 heteroatoms. The Morgan fingerprint density at radius 2 is 1.84 bits per heavy atom. The van der Waals surface area contributed by atoms with Crippen LogP contribution in [0.5, 0.6) is 0 Å². The maximum Gasteiger partial charge on any atom is 0.253 e. The molecular formula is C24H29FN4O2. The van der Waals surface area contributed by atoms with E-state index in [-0.39, 0.29) is 35.6 Å². The van der Waals surface area contributed by atoms with E-state index in [4.69, 9.17) is 0 Å². The van der Waals surface area contributed by atoms with Crippen LogP contribution in [0, 0.1) is 11.7 Å². The number of pyridine rings is 1. The molecule has 31 heavy (non-hydrogen) atoms. The summed E-state index contributed by atoms with van der Waals surface area (Å²) in [4.78, 5) is 29.7. The van der Waals surface area contributed by atoms with Gasteiger partial charge in [-0.2, -0.15) is 0 Å². The van der Waals surface area contributed by atoms with Gasteiger partial charge in [0.25, 0.3) is 5.91 Å². The molecule has 2 fully saturated rings. The predicted molar refractivity (Wildman–Crippen MR) is 117 cm³/mol. The standard InChI is InChI=1S/C24H29FN4O2/c25-19-5-1-3-16(13-19)22-8-7-18(15-27-22)24(31)29-21-6-2-4-17(14-21)23(30)28-20-9-11-26-12-10-20/h1,3,5,7-8,13,15,17,20-21,26H,2,4,6,9-12,14H2,(H,28,30)(H,29,31). The number of aromatic nitrogens is 1. The van der Waals surface area contributed by atoms with Crippen LogP contribution in [0.4, 0.5) is 4.39 Å². The zero-order valence-corrected chi connectivity index (χ0v) is 17.6. The number of benzene rings is 1. The van der Waals surface area contributed by atoms with Crippen LogP contribution in [0.2, 0.25) is 0 Å². The van der Waals surface area contributed by atoms with Gasteiger partial charge in [0.2, 0.25) is 5.91 Å². The molecule has 164 valence electrons. The molecule has 0 radical (unpaired) electrons. The summed E-state index contributed by atoms with van der Waals surface area (Å²) in [6.45, 7) is 1.89. The van der Waals surface area contributed by atoms with Crippen molar-refractivity contribution in [2.24, 2.45) is 5.92 Å². The highest BCUT2D eigenvalue weighted by atomic mass is 19.1. The Kier molecular flexibility index (Phi) is 6.92. The molecule has 1 aliphatic carbocycles. The van der Waals surface area contributed by atoms with Crippen molar-refractivity contribution in [3.8, 4) is 11.3 Å². The van der Waals surface area contributed by atoms with Gasteiger partial charge in [-0.25, -0.2) is 4.39 Å². The van der Waals surface area contributed by atoms with Gasteiger partial charge < -0.3 is 16.0 Å². The molecule has 2 atom stereocenters. The topological polar surface area (TPSA) is 83.1 Å². The fraction of sp³-hybridized carbons (Fsp3) is 0.458. The lowest BCUT2D eigenvalue weighted by Crippen LogP contribution is -2.47. The summed E-state index contributed by atoms with van der Waals surface area (Å²) < 4.78 is 13.4. The number of hydrogen-bond donors (Lipinski definition) is 3. The number of amides is 2. The van der Waals surface area contributed by atoms with Gasteiger partial charge in [0.1, 0.15) is 5.82 Å². The summed E-state index contributed by atoms with van der Waals surface area (Å²) in [6.07, 6.45) is 6.78. The van der Waals surface area contributed by atoms with Crippen LogP contribution in [0.3, 0.4) is 0 Å². The molecule has 2 unspecified atom stereocenters. The van der Waals surface area contributed by atoms with Gasteiger partial charge in [-0.3, -0.25) is 14.6 Å². The van der Waals surface area contributed by atoms with Crippen LogP contribution < -0.4 is 16.0 Å². The Bertz CT molecular complexity index is 912. The van der Waals surface area contributed by atoms with Crippen LogP contribution in [0.15, 0.2) is 42.6 Å². The van der Waals surface area contributed by atoms with E-state index < -0.39 is 0 Å². The minimum atomic E-state index is -0.322. The highest BCUT2D eigenvalue weighted by Gasteiger charge is 2.29. The molecule has 1 saturated heterocycles. The minimum absolute atomic E-state index is 0.0204. The van der Waals surface area contributed by atoms with E-state index in [1.165, 1.54) is 18.3 Å². The highest BCUT2D eigenvalue weighted by molar-refractivity contribution is 5.94. The van der Waals surface area contributed by atoms with Crippen LogP contribution >= 0.6 is 0 Å². The van der Waals surface area contributed by atoms with E-state index in [1.807, 2.05) is 0 Å². The van der Waals surface area contributed by atoms with Crippen LogP contribution in [0.25, 0.3) is 11.3 Å². The van der Waals surface area contributed by atoms with Gasteiger partial charge >= 0.3 is 0 Å². The minimum Gasteiger partial charge on any atom is -0.353 e. The lowest BCUT2D eigenvalue weighted by atomic mass is 9.84. The third-order valence-corrected chi connectivity index (χ3v) is 6.21. The summed E-state index contributed by atoms with van der Waals surface area (Å²) in [5.74, 6) is -0.450. The molecule has 1 saturated carbocycles. The average Bonchev–Trinajstić information content (AvgIpc) is 2.80. The van der Waals surface area contributed by atoms with Crippen LogP contribution in [0.1, 0.15) is 48.9 Å². The molecule has 0 bridgehead atoms. The normalized spacial score (nSPS) is 22.0. The largest absolute Gasteiger partial charge is 0.353 e. The van der Waals surface area contributed by atoms with Crippen molar-refractivity contribution in [2.75, 3.05) is 13.1 Å². The summed E-state index contributed by atoms with van der Waals surface area (Å²) in [5, 5.41) is 9.56. The maximum absolute atomic E-state index is 13.4. The Morgan fingerprint density at radius 1 is 1.00 bits per heavy atom. The average molecular weight is 425 g/mol. The fourth-order valence-electron chi connectivity index (χ4n) is 4.46. The third-order valence-electron chi connectivity index (χ3n) is 6.21. The van der Waals surface area contributed by atoms with Gasteiger partial charge in [-0.15, -0.1) is 0 Å². The van der Waals surface area contributed by atoms with Gasteiger partial charge in [-0.1, -0.05) is 18.6 Å². The molecule has 2 amide bonds. The molecule has 1 aromatic carbocycles. The van der Waals surface area contributed by atoms with E-state index in [2.05, 4.69) is 20.9 Å². The lowest BCUT2D eigenvalue weighted by molar-refractivity contribution is -0.127. The molecule has 1 aromatic heterocycles. The summed E-state index contributed by atoms with van der Waals surface area (Å²) in [6, 6.07) is 9.87. The Labute approximate surface area is 182 Å². The van der Waals surface area contributed by atoms with Crippen LogP contribution in [-0.4, -0.2) is 42.0 Å². The second-order valence-corrected chi connectivity index (χ2v) is 8.51. The highest BCUT2D eigenvalue weighted by Crippen LogP contribution is 2.25. The number of halogens is 1. The number of nitrogens with one attached hydrogen (secondary N) is 3. The van der Waals surface area contributed by atoms with E-state index >= 15 is 0 Å².